The second-order valence-electron chi connectivity index (χ2n) is 4.34. The highest BCUT2D eigenvalue weighted by molar-refractivity contribution is 6.43. The van der Waals surface area contributed by atoms with Crippen molar-refractivity contribution in [2.75, 3.05) is 13.7 Å². The Morgan fingerprint density at radius 3 is 2.64 bits per heavy atom. The van der Waals surface area contributed by atoms with E-state index in [0.717, 1.165) is 19.3 Å². The van der Waals surface area contributed by atoms with Gasteiger partial charge in [0.2, 0.25) is 0 Å². The molecule has 1 heterocycles. The van der Waals surface area contributed by atoms with Gasteiger partial charge in [-0.3, -0.25) is 0 Å². The minimum Gasteiger partial charge on any atom is -0.476 e. The van der Waals surface area contributed by atoms with E-state index in [1.54, 1.807) is 24.3 Å². The molecule has 1 aromatic rings. The Morgan fingerprint density at radius 1 is 1.32 bits per heavy atom. The van der Waals surface area contributed by atoms with Crippen molar-refractivity contribution < 1.29 is 24.2 Å². The van der Waals surface area contributed by atoms with Crippen molar-refractivity contribution in [3.63, 3.8) is 0 Å². The van der Waals surface area contributed by atoms with Crippen molar-refractivity contribution in [3.05, 3.63) is 29.8 Å². The van der Waals surface area contributed by atoms with Crippen LogP contribution in [0.3, 0.4) is 0 Å². The molecule has 1 atom stereocenters. The van der Waals surface area contributed by atoms with Crippen molar-refractivity contribution in [2.45, 2.75) is 39.4 Å². The third-order valence-electron chi connectivity index (χ3n) is 2.92. The van der Waals surface area contributed by atoms with Crippen LogP contribution in [0.5, 0.6) is 5.75 Å². The molecule has 0 radical (unpaired) electrons. The number of carboxylic acids is 1. The first-order valence-corrected chi connectivity index (χ1v) is 7.44. The largest absolute Gasteiger partial charge is 0.476 e. The molecule has 1 aromatic carbocycles. The lowest BCUT2D eigenvalue weighted by atomic mass is 10.1. The first-order valence-electron chi connectivity index (χ1n) is 7.44. The van der Waals surface area contributed by atoms with E-state index < -0.39 is 5.97 Å². The predicted molar refractivity (Wildman–Crippen MR) is 83.2 cm³/mol. The lowest BCUT2D eigenvalue weighted by Crippen LogP contribution is -2.26. The van der Waals surface area contributed by atoms with Crippen LogP contribution in [0.2, 0.25) is 0 Å². The molecular weight excluding hydrogens is 286 g/mol. The zero-order valence-corrected chi connectivity index (χ0v) is 13.2. The lowest BCUT2D eigenvalue weighted by Gasteiger charge is -2.24. The average molecular weight is 309 g/mol. The molecule has 0 amide bonds. The molecule has 22 heavy (non-hydrogen) atoms. The Morgan fingerprint density at radius 2 is 2.05 bits per heavy atom. The van der Waals surface area contributed by atoms with Crippen LogP contribution in [0.25, 0.3) is 0 Å². The molecule has 6 heteroatoms. The van der Waals surface area contributed by atoms with Gasteiger partial charge < -0.3 is 19.4 Å². The van der Waals surface area contributed by atoms with Crippen LogP contribution in [0.15, 0.2) is 29.4 Å². The monoisotopic (exact) mass is 309 g/mol. The fourth-order valence-corrected chi connectivity index (χ4v) is 2.01. The highest BCUT2D eigenvalue weighted by atomic mass is 16.7. The summed E-state index contributed by atoms with van der Waals surface area (Å²) in [7, 11) is 1.30. The molecule has 0 spiro atoms. The molecule has 0 aliphatic carbocycles. The van der Waals surface area contributed by atoms with E-state index in [1.165, 1.54) is 7.11 Å². The molecule has 6 nitrogen and oxygen atoms in total. The van der Waals surface area contributed by atoms with Gasteiger partial charge in [0.25, 0.3) is 0 Å². The van der Waals surface area contributed by atoms with Gasteiger partial charge in [-0.25, -0.2) is 4.79 Å². The Bertz CT molecular complexity index is 495. The van der Waals surface area contributed by atoms with Gasteiger partial charge >= 0.3 is 5.97 Å². The molecular formula is C16H23NO5. The highest BCUT2D eigenvalue weighted by Crippen LogP contribution is 2.24. The van der Waals surface area contributed by atoms with Crippen LogP contribution in [0.1, 0.15) is 38.7 Å². The first kappa shape index (κ1) is 18.0. The summed E-state index contributed by atoms with van der Waals surface area (Å²) in [4.78, 5) is 15.8. The maximum atomic E-state index is 11.2. The SMILES string of the molecule is CC.CO/N=C(/C(=O)O)c1ccccc1OC1CCCCO1. The summed E-state index contributed by atoms with van der Waals surface area (Å²) in [6, 6.07) is 6.82. The third kappa shape index (κ3) is 5.04. The summed E-state index contributed by atoms with van der Waals surface area (Å²) < 4.78 is 11.2. The van der Waals surface area contributed by atoms with Gasteiger partial charge in [-0.2, -0.15) is 0 Å². The maximum absolute atomic E-state index is 11.2. The number of benzene rings is 1. The molecule has 1 saturated heterocycles. The zero-order chi connectivity index (χ0) is 16.4. The molecule has 0 saturated carbocycles. The maximum Gasteiger partial charge on any atom is 0.358 e. The molecule has 1 N–H and O–H groups in total. The number of para-hydroxylation sites is 1. The number of rotatable bonds is 5. The van der Waals surface area contributed by atoms with E-state index in [1.807, 2.05) is 13.8 Å². The fourth-order valence-electron chi connectivity index (χ4n) is 2.01. The topological polar surface area (TPSA) is 77.4 Å². The Kier molecular flexibility index (Phi) is 7.99. The van der Waals surface area contributed by atoms with E-state index >= 15 is 0 Å². The van der Waals surface area contributed by atoms with Gasteiger partial charge in [-0.05, 0) is 25.0 Å². The number of carboxylic acid groups (broad SMARTS) is 1. The molecule has 1 aliphatic rings. The van der Waals surface area contributed by atoms with Gasteiger partial charge in [-0.1, -0.05) is 31.1 Å². The van der Waals surface area contributed by atoms with Gasteiger partial charge in [0.05, 0.1) is 12.2 Å². The van der Waals surface area contributed by atoms with Gasteiger partial charge in [0, 0.05) is 6.42 Å². The standard InChI is InChI=1S/C14H17NO5.C2H6/c1-18-15-13(14(16)17)10-6-2-3-7-11(10)20-12-8-4-5-9-19-12;1-2/h2-3,6-7,12H,4-5,8-9H2,1H3,(H,16,17);1-2H3/b15-13+;. The summed E-state index contributed by atoms with van der Waals surface area (Å²) in [5, 5.41) is 12.7. The third-order valence-corrected chi connectivity index (χ3v) is 2.92. The number of oxime groups is 1. The molecule has 122 valence electrons. The second-order valence-corrected chi connectivity index (χ2v) is 4.34. The molecule has 1 unspecified atom stereocenters. The number of carbonyl (C=O) groups is 1. The van der Waals surface area contributed by atoms with E-state index in [-0.39, 0.29) is 12.0 Å². The first-order chi connectivity index (χ1) is 10.7. The highest BCUT2D eigenvalue weighted by Gasteiger charge is 2.21. The van der Waals surface area contributed by atoms with E-state index in [9.17, 15) is 9.90 Å². The van der Waals surface area contributed by atoms with Crippen molar-refractivity contribution in [2.24, 2.45) is 5.16 Å². The number of ether oxygens (including phenoxy) is 2. The Hall–Kier alpha value is -2.08. The number of aliphatic carboxylic acids is 1. The molecule has 1 aliphatic heterocycles. The molecule has 2 rings (SSSR count). The van der Waals surface area contributed by atoms with Crippen molar-refractivity contribution in [1.29, 1.82) is 0 Å². The summed E-state index contributed by atoms with van der Waals surface area (Å²) in [5.41, 5.74) is 0.176. The van der Waals surface area contributed by atoms with Gasteiger partial charge in [-0.15, -0.1) is 0 Å². The van der Waals surface area contributed by atoms with Crippen LogP contribution in [0, 0.1) is 0 Å². The summed E-state index contributed by atoms with van der Waals surface area (Å²) >= 11 is 0. The smallest absolute Gasteiger partial charge is 0.358 e. The van der Waals surface area contributed by atoms with E-state index in [2.05, 4.69) is 9.99 Å². The zero-order valence-electron chi connectivity index (χ0n) is 13.2. The normalized spacial score (nSPS) is 18.0. The van der Waals surface area contributed by atoms with Crippen LogP contribution >= 0.6 is 0 Å². The van der Waals surface area contributed by atoms with E-state index in [0.29, 0.717) is 17.9 Å². The average Bonchev–Trinajstić information content (AvgIpc) is 2.56. The quantitative estimate of drug-likeness (QED) is 0.668. The molecule has 1 fully saturated rings. The fraction of sp³-hybridized carbons (Fsp3) is 0.500. The van der Waals surface area contributed by atoms with E-state index in [4.69, 9.17) is 9.47 Å². The lowest BCUT2D eigenvalue weighted by molar-refractivity contribution is -0.129. The number of hydrogen-bond acceptors (Lipinski definition) is 5. The van der Waals surface area contributed by atoms with Crippen molar-refractivity contribution in [1.82, 2.24) is 0 Å². The summed E-state index contributed by atoms with van der Waals surface area (Å²) in [5.74, 6) is -0.745. The Labute approximate surface area is 130 Å². The van der Waals surface area contributed by atoms with Crippen LogP contribution in [-0.2, 0) is 14.4 Å². The predicted octanol–water partition coefficient (Wildman–Crippen LogP) is 3.05. The van der Waals surface area contributed by atoms with Gasteiger partial charge in [0.15, 0.2) is 12.0 Å². The van der Waals surface area contributed by atoms with Crippen molar-refractivity contribution in [3.8, 4) is 5.75 Å². The van der Waals surface area contributed by atoms with Crippen LogP contribution < -0.4 is 4.74 Å². The van der Waals surface area contributed by atoms with Crippen LogP contribution in [0.4, 0.5) is 0 Å². The minimum absolute atomic E-state index is 0.195. The van der Waals surface area contributed by atoms with Crippen molar-refractivity contribution >= 4 is 11.7 Å². The Balaban J connectivity index is 0.00000116. The number of hydrogen-bond donors (Lipinski definition) is 1. The number of nitrogens with zero attached hydrogens (tertiary/aromatic N) is 1. The van der Waals surface area contributed by atoms with Gasteiger partial charge in [0.1, 0.15) is 12.9 Å². The minimum atomic E-state index is -1.17. The molecule has 0 bridgehead atoms. The second kappa shape index (κ2) is 9.78. The summed E-state index contributed by atoms with van der Waals surface area (Å²) in [6.45, 7) is 4.66. The summed E-state index contributed by atoms with van der Waals surface area (Å²) in [6.07, 6.45) is 2.50. The van der Waals surface area contributed by atoms with Crippen LogP contribution in [-0.4, -0.2) is 36.8 Å². The molecule has 0 aromatic heterocycles.